The maximum absolute atomic E-state index is 12.1. The molecule has 0 unspecified atom stereocenters. The van der Waals surface area contributed by atoms with E-state index in [0.29, 0.717) is 16.7 Å². The van der Waals surface area contributed by atoms with Gasteiger partial charge in [0.2, 0.25) is 0 Å². The highest BCUT2D eigenvalue weighted by atomic mass is 79.9. The molecule has 0 fully saturated rings. The number of esters is 1. The Balaban J connectivity index is 1.73. The van der Waals surface area contributed by atoms with Gasteiger partial charge in [0, 0.05) is 10.5 Å². The molecule has 0 aliphatic rings. The van der Waals surface area contributed by atoms with Gasteiger partial charge in [-0.1, -0.05) is 40.2 Å². The number of carbonyl (C=O) groups is 1. The first-order chi connectivity index (χ1) is 12.0. The third kappa shape index (κ3) is 4.22. The number of rotatable bonds is 4. The van der Waals surface area contributed by atoms with Crippen molar-refractivity contribution < 1.29 is 9.53 Å². The van der Waals surface area contributed by atoms with Crippen LogP contribution in [0.5, 0.6) is 0 Å². The fraction of sp³-hybridized carbons (Fsp3) is 0.105. The van der Waals surface area contributed by atoms with Crippen LogP contribution >= 0.6 is 15.9 Å². The van der Waals surface area contributed by atoms with E-state index in [1.807, 2.05) is 24.3 Å². The molecule has 1 atom stereocenters. The highest BCUT2D eigenvalue weighted by Crippen LogP contribution is 2.15. The summed E-state index contributed by atoms with van der Waals surface area (Å²) >= 11 is 3.36. The molecule has 0 radical (unpaired) electrons. The molecule has 0 aliphatic carbocycles. The number of carbonyl (C=O) groups excluding carboxylic acids is 1. The molecule has 0 bridgehead atoms. The molecule has 25 heavy (non-hydrogen) atoms. The van der Waals surface area contributed by atoms with Gasteiger partial charge in [-0.25, -0.2) is 9.78 Å². The molecule has 1 N–H and O–H groups in total. The minimum Gasteiger partial charge on any atom is -0.451 e. The zero-order chi connectivity index (χ0) is 17.8. The number of ether oxygens (including phenoxy) is 1. The normalized spacial score (nSPS) is 12.4. The van der Waals surface area contributed by atoms with E-state index in [-0.39, 0.29) is 5.56 Å². The van der Waals surface area contributed by atoms with Gasteiger partial charge < -0.3 is 9.72 Å². The number of halogens is 1. The number of nitrogens with one attached hydrogen (secondary N) is 1. The van der Waals surface area contributed by atoms with E-state index >= 15 is 0 Å². The fourth-order valence-electron chi connectivity index (χ4n) is 2.30. The fourth-order valence-corrected chi connectivity index (χ4v) is 2.57. The molecule has 126 valence electrons. The molecular formula is C19H15BrN2O3. The molecule has 0 saturated carbocycles. The predicted octanol–water partition coefficient (Wildman–Crippen LogP) is 4.00. The van der Waals surface area contributed by atoms with E-state index in [9.17, 15) is 9.59 Å². The van der Waals surface area contributed by atoms with Gasteiger partial charge >= 0.3 is 5.97 Å². The second-order valence-corrected chi connectivity index (χ2v) is 6.35. The van der Waals surface area contributed by atoms with Gasteiger partial charge in [0.15, 0.2) is 11.9 Å². The second kappa shape index (κ2) is 7.44. The summed E-state index contributed by atoms with van der Waals surface area (Å²) in [7, 11) is 0. The summed E-state index contributed by atoms with van der Waals surface area (Å²) in [5.74, 6) is -0.194. The average molecular weight is 399 g/mol. The highest BCUT2D eigenvalue weighted by Gasteiger charge is 2.14. The molecule has 1 aromatic heterocycles. The summed E-state index contributed by atoms with van der Waals surface area (Å²) in [5.41, 5.74) is 1.19. The zero-order valence-electron chi connectivity index (χ0n) is 13.4. The molecule has 0 spiro atoms. The zero-order valence-corrected chi connectivity index (χ0v) is 15.0. The van der Waals surface area contributed by atoms with Crippen molar-refractivity contribution in [3.8, 4) is 0 Å². The van der Waals surface area contributed by atoms with Crippen LogP contribution in [-0.2, 0) is 9.53 Å². The van der Waals surface area contributed by atoms with Gasteiger partial charge in [-0.15, -0.1) is 0 Å². The number of fused-ring (bicyclic) bond motifs is 1. The Morgan fingerprint density at radius 1 is 1.20 bits per heavy atom. The van der Waals surface area contributed by atoms with Crippen LogP contribution in [0.3, 0.4) is 0 Å². The number of H-pyrrole nitrogens is 1. The van der Waals surface area contributed by atoms with Gasteiger partial charge in [-0.3, -0.25) is 4.79 Å². The van der Waals surface area contributed by atoms with E-state index in [1.54, 1.807) is 37.3 Å². The maximum Gasteiger partial charge on any atom is 0.331 e. The molecular weight excluding hydrogens is 384 g/mol. The lowest BCUT2D eigenvalue weighted by Crippen LogP contribution is -2.16. The number of hydrogen-bond acceptors (Lipinski definition) is 4. The Bertz CT molecular complexity index is 993. The predicted molar refractivity (Wildman–Crippen MR) is 100 cm³/mol. The molecule has 5 nitrogen and oxygen atoms in total. The van der Waals surface area contributed by atoms with Gasteiger partial charge in [-0.2, -0.15) is 0 Å². The quantitative estimate of drug-likeness (QED) is 0.532. The topological polar surface area (TPSA) is 72.0 Å². The van der Waals surface area contributed by atoms with E-state index in [0.717, 1.165) is 10.0 Å². The van der Waals surface area contributed by atoms with Gasteiger partial charge in [0.25, 0.3) is 5.56 Å². The van der Waals surface area contributed by atoms with Crippen LogP contribution in [0.25, 0.3) is 17.0 Å². The van der Waals surface area contributed by atoms with Crippen LogP contribution in [-0.4, -0.2) is 15.9 Å². The SMILES string of the molecule is C[C@@H](OC(=O)/C=C/c1ccc(Br)cc1)c1nc2ccccc2c(=O)[nH]1. The largest absolute Gasteiger partial charge is 0.451 e. The molecule has 0 amide bonds. The Labute approximate surface area is 152 Å². The number of aromatic nitrogens is 2. The van der Waals surface area contributed by atoms with Crippen molar-refractivity contribution in [2.45, 2.75) is 13.0 Å². The molecule has 6 heteroatoms. The minimum atomic E-state index is -0.667. The van der Waals surface area contributed by atoms with E-state index in [4.69, 9.17) is 4.74 Å². The van der Waals surface area contributed by atoms with Crippen LogP contribution in [0.4, 0.5) is 0 Å². The summed E-state index contributed by atoms with van der Waals surface area (Å²) in [5, 5.41) is 0.500. The van der Waals surface area contributed by atoms with Crippen LogP contribution in [0.2, 0.25) is 0 Å². The Morgan fingerprint density at radius 2 is 1.92 bits per heavy atom. The smallest absolute Gasteiger partial charge is 0.331 e. The summed E-state index contributed by atoms with van der Waals surface area (Å²) < 4.78 is 6.28. The minimum absolute atomic E-state index is 0.256. The number of nitrogens with zero attached hydrogens (tertiary/aromatic N) is 1. The van der Waals surface area contributed by atoms with Gasteiger partial charge in [0.1, 0.15) is 0 Å². The van der Waals surface area contributed by atoms with Crippen molar-refractivity contribution in [3.05, 3.63) is 80.8 Å². The third-order valence-corrected chi connectivity index (χ3v) is 4.12. The van der Waals surface area contributed by atoms with Crippen molar-refractivity contribution in [3.63, 3.8) is 0 Å². The van der Waals surface area contributed by atoms with E-state index in [1.165, 1.54) is 6.08 Å². The van der Waals surface area contributed by atoms with Crippen molar-refractivity contribution >= 4 is 38.9 Å². The number of hydrogen-bond donors (Lipinski definition) is 1. The van der Waals surface area contributed by atoms with Crippen molar-refractivity contribution in [2.75, 3.05) is 0 Å². The Morgan fingerprint density at radius 3 is 2.68 bits per heavy atom. The van der Waals surface area contributed by atoms with Crippen molar-refractivity contribution in [1.82, 2.24) is 9.97 Å². The lowest BCUT2D eigenvalue weighted by atomic mass is 10.2. The number of aromatic amines is 1. The summed E-state index contributed by atoms with van der Waals surface area (Å²) in [6.07, 6.45) is 2.34. The monoisotopic (exact) mass is 398 g/mol. The van der Waals surface area contributed by atoms with Gasteiger partial charge in [-0.05, 0) is 42.8 Å². The second-order valence-electron chi connectivity index (χ2n) is 5.43. The third-order valence-electron chi connectivity index (χ3n) is 3.59. The standard InChI is InChI=1S/C19H15BrN2O3/c1-12(18-21-16-5-3-2-4-15(16)19(24)22-18)25-17(23)11-8-13-6-9-14(20)10-7-13/h2-12H,1H3,(H,21,22,24)/b11-8+/t12-/m1/s1. The maximum atomic E-state index is 12.1. The lowest BCUT2D eigenvalue weighted by molar-refractivity contribution is -0.142. The lowest BCUT2D eigenvalue weighted by Gasteiger charge is -2.11. The summed E-state index contributed by atoms with van der Waals surface area (Å²) in [4.78, 5) is 31.1. The van der Waals surface area contributed by atoms with Crippen LogP contribution in [0, 0.1) is 0 Å². The summed E-state index contributed by atoms with van der Waals surface area (Å²) in [6.45, 7) is 1.67. The van der Waals surface area contributed by atoms with E-state index < -0.39 is 12.1 Å². The molecule has 3 rings (SSSR count). The van der Waals surface area contributed by atoms with Crippen LogP contribution in [0.15, 0.2) is 63.9 Å². The first-order valence-corrected chi connectivity index (χ1v) is 8.45. The molecule has 0 aliphatic heterocycles. The number of benzene rings is 2. The number of para-hydroxylation sites is 1. The highest BCUT2D eigenvalue weighted by molar-refractivity contribution is 9.10. The average Bonchev–Trinajstić information content (AvgIpc) is 2.61. The molecule has 3 aromatic rings. The molecule has 2 aromatic carbocycles. The van der Waals surface area contributed by atoms with Crippen LogP contribution < -0.4 is 5.56 Å². The Hall–Kier alpha value is -2.73. The molecule has 0 saturated heterocycles. The van der Waals surface area contributed by atoms with Crippen molar-refractivity contribution in [2.24, 2.45) is 0 Å². The first-order valence-electron chi connectivity index (χ1n) is 7.66. The summed E-state index contributed by atoms with van der Waals surface area (Å²) in [6, 6.07) is 14.5. The van der Waals surface area contributed by atoms with E-state index in [2.05, 4.69) is 25.9 Å². The first kappa shape index (κ1) is 17.1. The van der Waals surface area contributed by atoms with Crippen molar-refractivity contribution in [1.29, 1.82) is 0 Å². The Kier molecular flexibility index (Phi) is 5.09. The van der Waals surface area contributed by atoms with Gasteiger partial charge in [0.05, 0.1) is 10.9 Å². The molecule has 1 heterocycles. The van der Waals surface area contributed by atoms with Crippen LogP contribution in [0.1, 0.15) is 24.4 Å².